The number of rotatable bonds is 5. The lowest BCUT2D eigenvalue weighted by Crippen LogP contribution is -2.42. The van der Waals surface area contributed by atoms with Gasteiger partial charge in [-0.25, -0.2) is 9.79 Å². The van der Waals surface area contributed by atoms with Crippen LogP contribution in [0, 0.1) is 11.3 Å². The molecule has 0 saturated carbocycles. The lowest BCUT2D eigenvalue weighted by molar-refractivity contribution is 0.153. The van der Waals surface area contributed by atoms with Crippen molar-refractivity contribution in [3.8, 4) is 0 Å². The van der Waals surface area contributed by atoms with E-state index in [9.17, 15) is 4.79 Å². The first-order valence-corrected chi connectivity index (χ1v) is 10.7. The van der Waals surface area contributed by atoms with Crippen molar-refractivity contribution in [2.45, 2.75) is 45.4 Å². The molecular weight excluding hydrogens is 370 g/mol. The fourth-order valence-electron chi connectivity index (χ4n) is 5.04. The van der Waals surface area contributed by atoms with Gasteiger partial charge in [0.25, 0.3) is 0 Å². The Labute approximate surface area is 173 Å². The molecule has 160 valence electrons. The van der Waals surface area contributed by atoms with Gasteiger partial charge in [-0.15, -0.1) is 0 Å². The van der Waals surface area contributed by atoms with E-state index < -0.39 is 0 Å². The summed E-state index contributed by atoms with van der Waals surface area (Å²) in [5, 5.41) is 3.08. The minimum absolute atomic E-state index is 0.0414. The maximum atomic E-state index is 12.9. The molecule has 1 N–H and O–H groups in total. The van der Waals surface area contributed by atoms with Gasteiger partial charge in [0, 0.05) is 57.2 Å². The Morgan fingerprint density at radius 2 is 2.21 bits per heavy atom. The van der Waals surface area contributed by atoms with Crippen molar-refractivity contribution < 1.29 is 19.0 Å². The van der Waals surface area contributed by atoms with Crippen LogP contribution in [0.2, 0.25) is 0 Å². The van der Waals surface area contributed by atoms with Crippen LogP contribution in [0.4, 0.5) is 4.79 Å². The zero-order valence-corrected chi connectivity index (χ0v) is 17.9. The van der Waals surface area contributed by atoms with Gasteiger partial charge >= 0.3 is 6.03 Å². The predicted octanol–water partition coefficient (Wildman–Crippen LogP) is 3.23. The summed E-state index contributed by atoms with van der Waals surface area (Å²) in [4.78, 5) is 19.6. The number of urea groups is 1. The van der Waals surface area contributed by atoms with Crippen molar-refractivity contribution in [1.29, 1.82) is 0 Å². The molecule has 2 amide bonds. The number of nitrogens with zero attached hydrogens (tertiary/aromatic N) is 2. The summed E-state index contributed by atoms with van der Waals surface area (Å²) >= 11 is 0. The zero-order chi connectivity index (χ0) is 20.4. The molecule has 0 aromatic heterocycles. The highest BCUT2D eigenvalue weighted by Crippen LogP contribution is 2.41. The Morgan fingerprint density at radius 1 is 1.34 bits per heavy atom. The van der Waals surface area contributed by atoms with Crippen molar-refractivity contribution in [2.75, 3.05) is 47.1 Å². The third kappa shape index (κ3) is 4.08. The summed E-state index contributed by atoms with van der Waals surface area (Å²) in [6.07, 6.45) is 5.53. The third-order valence-corrected chi connectivity index (χ3v) is 6.90. The second-order valence-corrected chi connectivity index (χ2v) is 8.80. The molecule has 0 radical (unpaired) electrons. The summed E-state index contributed by atoms with van der Waals surface area (Å²) in [6.45, 7) is 6.13. The molecule has 2 saturated heterocycles. The number of carbonyl (C=O) groups is 1. The Balaban J connectivity index is 1.48. The van der Waals surface area contributed by atoms with Gasteiger partial charge < -0.3 is 19.1 Å². The van der Waals surface area contributed by atoms with Crippen LogP contribution in [0.5, 0.6) is 0 Å². The van der Waals surface area contributed by atoms with Crippen molar-refractivity contribution in [2.24, 2.45) is 16.3 Å². The summed E-state index contributed by atoms with van der Waals surface area (Å²) in [5.74, 6) is 2.13. The number of carbonyl (C=O) groups excluding carboxylic acids is 1. The van der Waals surface area contributed by atoms with E-state index in [2.05, 4.69) is 12.2 Å². The van der Waals surface area contributed by atoms with Gasteiger partial charge in [0.1, 0.15) is 11.6 Å². The highest BCUT2D eigenvalue weighted by molar-refractivity contribution is 6.01. The van der Waals surface area contributed by atoms with Crippen molar-refractivity contribution in [1.82, 2.24) is 10.2 Å². The summed E-state index contributed by atoms with van der Waals surface area (Å²) in [6, 6.07) is -0.0414. The number of allylic oxidation sites excluding steroid dienone is 3. The smallest absolute Gasteiger partial charge is 0.322 e. The summed E-state index contributed by atoms with van der Waals surface area (Å²) in [7, 11) is 3.46. The van der Waals surface area contributed by atoms with E-state index in [4.69, 9.17) is 19.2 Å². The lowest BCUT2D eigenvalue weighted by Gasteiger charge is -2.24. The van der Waals surface area contributed by atoms with E-state index in [0.717, 1.165) is 87.9 Å². The van der Waals surface area contributed by atoms with Crippen LogP contribution in [0.25, 0.3) is 0 Å². The van der Waals surface area contributed by atoms with E-state index >= 15 is 0 Å². The number of amides is 2. The van der Waals surface area contributed by atoms with Crippen LogP contribution in [-0.4, -0.2) is 63.9 Å². The Hall–Kier alpha value is -1.86. The fraction of sp³-hybridized carbons (Fsp3) is 0.727. The fourth-order valence-corrected chi connectivity index (χ4v) is 5.04. The number of hydrogen-bond donors (Lipinski definition) is 1. The van der Waals surface area contributed by atoms with E-state index in [1.165, 1.54) is 5.57 Å². The van der Waals surface area contributed by atoms with Crippen LogP contribution in [0.1, 0.15) is 45.4 Å². The quantitative estimate of drug-likeness (QED) is 0.765. The van der Waals surface area contributed by atoms with Crippen LogP contribution in [0.15, 0.2) is 27.6 Å². The molecule has 0 bridgehead atoms. The standard InChI is InChI=1S/C22H33N3O4/c1-15(6-10-27-2)16-4-5-18(28-3)17-12-19(23-20(16)17)24-21(26)25-9-7-22(13-25)8-11-29-14-22/h15H,4-14H2,1-3H3,(H,23,24,26)/t15?,22-/m1/s1. The van der Waals surface area contributed by atoms with Gasteiger partial charge in [-0.05, 0) is 37.2 Å². The molecule has 4 rings (SSSR count). The first kappa shape index (κ1) is 20.4. The molecule has 1 spiro atoms. The van der Waals surface area contributed by atoms with Crippen LogP contribution < -0.4 is 5.32 Å². The molecule has 7 nitrogen and oxygen atoms in total. The molecule has 0 aromatic rings. The van der Waals surface area contributed by atoms with E-state index in [1.807, 2.05) is 4.90 Å². The summed E-state index contributed by atoms with van der Waals surface area (Å²) < 4.78 is 16.5. The van der Waals surface area contributed by atoms with Crippen LogP contribution in [-0.2, 0) is 14.2 Å². The average molecular weight is 404 g/mol. The number of aliphatic imine (C=N–C) groups is 1. The molecule has 1 unspecified atom stereocenters. The van der Waals surface area contributed by atoms with Crippen molar-refractivity contribution in [3.05, 3.63) is 22.6 Å². The number of ether oxygens (including phenoxy) is 3. The number of hydrogen-bond acceptors (Lipinski definition) is 5. The molecule has 2 atom stereocenters. The second kappa shape index (κ2) is 8.48. The molecule has 7 heteroatoms. The lowest BCUT2D eigenvalue weighted by atomic mass is 9.85. The maximum Gasteiger partial charge on any atom is 0.322 e. The molecule has 1 aliphatic carbocycles. The van der Waals surface area contributed by atoms with E-state index in [-0.39, 0.29) is 11.4 Å². The van der Waals surface area contributed by atoms with Gasteiger partial charge in [0.15, 0.2) is 0 Å². The minimum atomic E-state index is -0.0414. The largest absolute Gasteiger partial charge is 0.501 e. The summed E-state index contributed by atoms with van der Waals surface area (Å²) in [5.41, 5.74) is 3.68. The molecule has 2 fully saturated rings. The molecule has 3 heterocycles. The molecular formula is C22H33N3O4. The van der Waals surface area contributed by atoms with Crippen molar-refractivity contribution >= 4 is 11.9 Å². The van der Waals surface area contributed by atoms with Crippen LogP contribution >= 0.6 is 0 Å². The second-order valence-electron chi connectivity index (χ2n) is 8.80. The molecule has 4 aliphatic rings. The van der Waals surface area contributed by atoms with Gasteiger partial charge in [-0.1, -0.05) is 6.92 Å². The van der Waals surface area contributed by atoms with Crippen LogP contribution in [0.3, 0.4) is 0 Å². The monoisotopic (exact) mass is 403 g/mol. The van der Waals surface area contributed by atoms with Gasteiger partial charge in [-0.3, -0.25) is 5.32 Å². The number of nitrogens with one attached hydrogen (secondary N) is 1. The SMILES string of the molecule is COCCC(C)C1=C2N=C(NC(=O)N3CC[C@@]4(CCOC4)C3)CC2=C(OC)CC1. The van der Waals surface area contributed by atoms with Crippen molar-refractivity contribution in [3.63, 3.8) is 0 Å². The normalized spacial score (nSPS) is 27.6. The maximum absolute atomic E-state index is 12.9. The number of likely N-dealkylation sites (tertiary alicyclic amines) is 1. The first-order valence-electron chi connectivity index (χ1n) is 10.7. The first-order chi connectivity index (χ1) is 14.0. The van der Waals surface area contributed by atoms with E-state index in [1.54, 1.807) is 14.2 Å². The highest BCUT2D eigenvalue weighted by Gasteiger charge is 2.43. The molecule has 0 aromatic carbocycles. The van der Waals surface area contributed by atoms with E-state index in [0.29, 0.717) is 12.3 Å². The Kier molecular flexibility index (Phi) is 5.97. The predicted molar refractivity (Wildman–Crippen MR) is 111 cm³/mol. The highest BCUT2D eigenvalue weighted by atomic mass is 16.5. The number of methoxy groups -OCH3 is 2. The zero-order valence-electron chi connectivity index (χ0n) is 17.9. The Morgan fingerprint density at radius 3 is 2.93 bits per heavy atom. The topological polar surface area (TPSA) is 72.4 Å². The minimum Gasteiger partial charge on any atom is -0.501 e. The molecule has 3 aliphatic heterocycles. The van der Waals surface area contributed by atoms with Gasteiger partial charge in [0.05, 0.1) is 19.4 Å². The van der Waals surface area contributed by atoms with Gasteiger partial charge in [-0.2, -0.15) is 0 Å². The number of fused-ring (bicyclic) bond motifs is 1. The molecule has 29 heavy (non-hydrogen) atoms. The number of amidine groups is 1. The third-order valence-electron chi connectivity index (χ3n) is 6.90. The van der Waals surface area contributed by atoms with Gasteiger partial charge in [0.2, 0.25) is 0 Å². The Bertz CT molecular complexity index is 749. The average Bonchev–Trinajstić information content (AvgIpc) is 3.46.